The fourth-order valence-electron chi connectivity index (χ4n) is 0.221. The van der Waals surface area contributed by atoms with Crippen molar-refractivity contribution in [2.75, 3.05) is 12.4 Å². The van der Waals surface area contributed by atoms with Crippen molar-refractivity contribution in [2.45, 2.75) is 0 Å². The van der Waals surface area contributed by atoms with Gasteiger partial charge in [0.05, 0.1) is 0 Å². The van der Waals surface area contributed by atoms with Gasteiger partial charge in [-0.05, 0) is 5.53 Å². The highest BCUT2D eigenvalue weighted by atomic mass is 35.5. The summed E-state index contributed by atoms with van der Waals surface area (Å²) in [4.78, 5) is 2.54. The van der Waals surface area contributed by atoms with E-state index < -0.39 is 0 Å². The van der Waals surface area contributed by atoms with Gasteiger partial charge in [-0.2, -0.15) is 0 Å². The van der Waals surface area contributed by atoms with Crippen molar-refractivity contribution in [3.05, 3.63) is 22.6 Å². The second-order valence-corrected chi connectivity index (χ2v) is 1.35. The van der Waals surface area contributed by atoms with Crippen LogP contribution in [0.4, 0.5) is 0 Å². The van der Waals surface area contributed by atoms with Gasteiger partial charge in [0.15, 0.2) is 0 Å². The summed E-state index contributed by atoms with van der Waals surface area (Å²) in [6, 6.07) is 0. The second-order valence-electron chi connectivity index (χ2n) is 1.04. The summed E-state index contributed by atoms with van der Waals surface area (Å²) in [6.07, 6.45) is 3.45. The topological polar surface area (TPSA) is 48.8 Å². The van der Waals surface area contributed by atoms with E-state index in [1.165, 1.54) is 0 Å². The lowest BCUT2D eigenvalue weighted by atomic mass is 10.5. The van der Waals surface area contributed by atoms with E-state index in [2.05, 4.69) is 10.0 Å². The van der Waals surface area contributed by atoms with Gasteiger partial charge in [-0.3, -0.25) is 0 Å². The molecule has 0 bridgehead atoms. The second kappa shape index (κ2) is 6.34. The van der Waals surface area contributed by atoms with Gasteiger partial charge < -0.3 is 0 Å². The number of rotatable bonds is 3. The SMILES string of the molecule is [N-]=[N+]=NCC=CCCl. The van der Waals surface area contributed by atoms with E-state index in [0.29, 0.717) is 12.4 Å². The molecule has 8 heavy (non-hydrogen) atoms. The van der Waals surface area contributed by atoms with Crippen molar-refractivity contribution in [2.24, 2.45) is 5.11 Å². The summed E-state index contributed by atoms with van der Waals surface area (Å²) < 4.78 is 0. The van der Waals surface area contributed by atoms with Gasteiger partial charge in [0.1, 0.15) is 0 Å². The van der Waals surface area contributed by atoms with Crippen LogP contribution in [0.3, 0.4) is 0 Å². The van der Waals surface area contributed by atoms with Gasteiger partial charge in [0.25, 0.3) is 0 Å². The van der Waals surface area contributed by atoms with Crippen LogP contribution in [0.15, 0.2) is 17.3 Å². The highest BCUT2D eigenvalue weighted by Gasteiger charge is 1.67. The fraction of sp³-hybridized carbons (Fsp3) is 0.500. The van der Waals surface area contributed by atoms with Crippen LogP contribution < -0.4 is 0 Å². The summed E-state index contributed by atoms with van der Waals surface area (Å²) >= 11 is 5.26. The Morgan fingerprint density at radius 1 is 1.62 bits per heavy atom. The maximum atomic E-state index is 7.76. The molecule has 0 unspecified atom stereocenters. The number of azide groups is 1. The quantitative estimate of drug-likeness (QED) is 0.185. The standard InChI is InChI=1S/C4H6ClN3/c5-3-1-2-4-7-8-6/h1-2H,3-4H2. The van der Waals surface area contributed by atoms with Gasteiger partial charge in [-0.25, -0.2) is 0 Å². The largest absolute Gasteiger partial charge is 0.122 e. The summed E-state index contributed by atoms with van der Waals surface area (Å²) in [5, 5.41) is 3.24. The van der Waals surface area contributed by atoms with Gasteiger partial charge in [-0.1, -0.05) is 17.3 Å². The molecule has 0 spiro atoms. The van der Waals surface area contributed by atoms with Crippen LogP contribution in [-0.4, -0.2) is 12.4 Å². The molecule has 0 saturated carbocycles. The third kappa shape index (κ3) is 5.34. The Morgan fingerprint density at radius 2 is 2.38 bits per heavy atom. The van der Waals surface area contributed by atoms with Gasteiger partial charge in [0.2, 0.25) is 0 Å². The third-order valence-electron chi connectivity index (χ3n) is 0.506. The lowest BCUT2D eigenvalue weighted by Crippen LogP contribution is -1.66. The summed E-state index contributed by atoms with van der Waals surface area (Å²) in [7, 11) is 0. The average molecular weight is 132 g/mol. The number of hydrogen-bond acceptors (Lipinski definition) is 1. The molecule has 0 aromatic carbocycles. The van der Waals surface area contributed by atoms with Crippen LogP contribution in [0.1, 0.15) is 0 Å². The summed E-state index contributed by atoms with van der Waals surface area (Å²) in [6.45, 7) is 0.392. The van der Waals surface area contributed by atoms with Crippen molar-refractivity contribution in [3.8, 4) is 0 Å². The number of hydrogen-bond donors (Lipinski definition) is 0. The first kappa shape index (κ1) is 7.34. The molecule has 3 nitrogen and oxygen atoms in total. The molecule has 0 rings (SSSR count). The lowest BCUT2D eigenvalue weighted by molar-refractivity contribution is 1.21. The molecule has 0 aliphatic carbocycles. The van der Waals surface area contributed by atoms with Crippen LogP contribution in [0.25, 0.3) is 10.4 Å². The van der Waals surface area contributed by atoms with Crippen LogP contribution in [0, 0.1) is 0 Å². The Hall–Kier alpha value is -0.660. The van der Waals surface area contributed by atoms with E-state index in [4.69, 9.17) is 17.1 Å². The van der Waals surface area contributed by atoms with E-state index in [9.17, 15) is 0 Å². The van der Waals surface area contributed by atoms with Gasteiger partial charge in [-0.15, -0.1) is 11.6 Å². The zero-order valence-corrected chi connectivity index (χ0v) is 5.04. The lowest BCUT2D eigenvalue weighted by Gasteiger charge is -1.73. The van der Waals surface area contributed by atoms with Crippen LogP contribution >= 0.6 is 11.6 Å². The van der Waals surface area contributed by atoms with Crippen molar-refractivity contribution in [1.82, 2.24) is 0 Å². The maximum Gasteiger partial charge on any atom is 0.0440 e. The molecule has 0 aliphatic heterocycles. The molecular weight excluding hydrogens is 126 g/mol. The van der Waals surface area contributed by atoms with E-state index in [1.54, 1.807) is 12.2 Å². The highest BCUT2D eigenvalue weighted by molar-refractivity contribution is 6.18. The van der Waals surface area contributed by atoms with Crippen LogP contribution in [0.2, 0.25) is 0 Å². The predicted molar refractivity (Wildman–Crippen MR) is 33.9 cm³/mol. The Labute approximate surface area is 52.6 Å². The van der Waals surface area contributed by atoms with Gasteiger partial charge >= 0.3 is 0 Å². The van der Waals surface area contributed by atoms with Crippen molar-refractivity contribution in [1.29, 1.82) is 0 Å². The normalized spacial score (nSPS) is 9.12. The number of allylic oxidation sites excluding steroid dienone is 1. The Bertz CT molecular complexity index is 114. The van der Waals surface area contributed by atoms with E-state index in [0.717, 1.165) is 0 Å². The van der Waals surface area contributed by atoms with E-state index in [-0.39, 0.29) is 0 Å². The first-order valence-electron chi connectivity index (χ1n) is 2.13. The number of nitrogens with zero attached hydrogens (tertiary/aromatic N) is 3. The molecule has 0 aromatic rings. The molecule has 0 aliphatic rings. The minimum Gasteiger partial charge on any atom is -0.122 e. The Kier molecular flexibility index (Phi) is 5.82. The van der Waals surface area contributed by atoms with Crippen molar-refractivity contribution >= 4 is 11.6 Å². The van der Waals surface area contributed by atoms with E-state index in [1.807, 2.05) is 0 Å². The number of halogens is 1. The van der Waals surface area contributed by atoms with Crippen molar-refractivity contribution in [3.63, 3.8) is 0 Å². The van der Waals surface area contributed by atoms with Crippen molar-refractivity contribution < 1.29 is 0 Å². The monoisotopic (exact) mass is 131 g/mol. The molecule has 44 valence electrons. The highest BCUT2D eigenvalue weighted by Crippen LogP contribution is 1.78. The van der Waals surface area contributed by atoms with E-state index >= 15 is 0 Å². The zero-order chi connectivity index (χ0) is 6.24. The molecule has 0 atom stereocenters. The molecule has 0 aromatic heterocycles. The Morgan fingerprint density at radius 3 is 2.88 bits per heavy atom. The summed E-state index contributed by atoms with van der Waals surface area (Å²) in [5.41, 5.74) is 7.76. The molecule has 0 heterocycles. The predicted octanol–water partition coefficient (Wildman–Crippen LogP) is 2.09. The Balaban J connectivity index is 3.15. The first-order chi connectivity index (χ1) is 3.91. The van der Waals surface area contributed by atoms with Crippen LogP contribution in [-0.2, 0) is 0 Å². The molecule has 0 saturated heterocycles. The average Bonchev–Trinajstić information content (AvgIpc) is 1.81. The molecule has 0 fully saturated rings. The molecular formula is C4H6ClN3. The van der Waals surface area contributed by atoms with Gasteiger partial charge in [0, 0.05) is 17.3 Å². The minimum absolute atomic E-state index is 0.392. The molecule has 0 radical (unpaired) electrons. The number of alkyl halides is 1. The smallest absolute Gasteiger partial charge is 0.0440 e. The first-order valence-corrected chi connectivity index (χ1v) is 2.67. The third-order valence-corrected chi connectivity index (χ3v) is 0.684. The summed E-state index contributed by atoms with van der Waals surface area (Å²) in [5.74, 6) is 0.473. The molecule has 0 amide bonds. The molecule has 0 N–H and O–H groups in total. The maximum absolute atomic E-state index is 7.76. The minimum atomic E-state index is 0.392. The zero-order valence-electron chi connectivity index (χ0n) is 4.29. The molecule has 4 heteroatoms. The van der Waals surface area contributed by atoms with Crippen LogP contribution in [0.5, 0.6) is 0 Å². The fourth-order valence-corrected chi connectivity index (χ4v) is 0.347.